The van der Waals surface area contributed by atoms with Gasteiger partial charge in [-0.3, -0.25) is 0 Å². The summed E-state index contributed by atoms with van der Waals surface area (Å²) < 4.78 is 69.9. The zero-order valence-electron chi connectivity index (χ0n) is 63.0. The second-order valence-electron chi connectivity index (χ2n) is 34.3. The van der Waals surface area contributed by atoms with E-state index in [9.17, 15) is 20.4 Å². The minimum atomic E-state index is -3.83. The summed E-state index contributed by atoms with van der Waals surface area (Å²) in [5.74, 6) is -4.57. The summed E-state index contributed by atoms with van der Waals surface area (Å²) in [6.07, 6.45) is 0. The third kappa shape index (κ3) is 12.0. The number of hydrogen-bond acceptors (Lipinski definition) is 13. The summed E-state index contributed by atoms with van der Waals surface area (Å²) >= 11 is 0. The van der Waals surface area contributed by atoms with Crippen LogP contribution in [0.2, 0.25) is 0 Å². The standard InChI is InChI=1S/C68H140B4O13/c1-41(2)61(73,42(3)4)57(33,34)65(49(17)18,50(19)20)77-69-81-71(79-67(53(25)26,54(27)28)59(37,38)63(75,45(9)10)46(11)12)83-70(78-66(51(21)22,52(23)24)58(35,36)62(74,43(5)6)44(7)8)84-72(82-69,85-71)80-68(55(29)30,56(31)32)60(39,40)64(76,47(13)14)48(15)16/h41-56,73-76H,1-40H3/q-2. The highest BCUT2D eigenvalue weighted by molar-refractivity contribution is 6.85. The largest absolute Gasteiger partial charge is 0.679 e. The van der Waals surface area contributed by atoms with Gasteiger partial charge in [0.1, 0.15) is 0 Å². The molecule has 13 nitrogen and oxygen atoms in total. The Morgan fingerprint density at radius 2 is 0.388 bits per heavy atom. The topological polar surface area (TPSA) is 164 Å². The molecule has 0 unspecified atom stereocenters. The van der Waals surface area contributed by atoms with Crippen LogP contribution in [0.3, 0.4) is 0 Å². The normalized spacial score (nSPS) is 20.8. The first-order valence-corrected chi connectivity index (χ1v) is 34.1. The molecule has 2 rings (SSSR count). The average molecular weight is 1210 g/mol. The van der Waals surface area contributed by atoms with E-state index in [4.69, 9.17) is 41.5 Å². The molecule has 2 aliphatic rings. The lowest BCUT2D eigenvalue weighted by molar-refractivity contribution is -0.279. The molecule has 2 heterocycles. The van der Waals surface area contributed by atoms with Gasteiger partial charge in [-0.2, -0.15) is 0 Å². The molecular weight excluding hydrogens is 1070 g/mol. The smallest absolute Gasteiger partial charge is 0.556 e. The molecule has 2 saturated heterocycles. The Morgan fingerprint density at radius 1 is 0.247 bits per heavy atom. The van der Waals surface area contributed by atoms with Crippen molar-refractivity contribution in [3.8, 4) is 0 Å². The fourth-order valence-corrected chi connectivity index (χ4v) is 21.9. The van der Waals surface area contributed by atoms with Crippen molar-refractivity contribution in [3.63, 3.8) is 0 Å². The van der Waals surface area contributed by atoms with Crippen molar-refractivity contribution in [2.75, 3.05) is 0 Å². The Labute approximate surface area is 526 Å². The maximum Gasteiger partial charge on any atom is 0.556 e. The van der Waals surface area contributed by atoms with Gasteiger partial charge in [-0.1, -0.05) is 277 Å². The number of rotatable bonds is 32. The molecule has 0 saturated carbocycles. The lowest BCUT2D eigenvalue weighted by Crippen LogP contribution is -2.84. The number of hydrogen-bond donors (Lipinski definition) is 4. The highest BCUT2D eigenvalue weighted by atomic mass is 17.1. The highest BCUT2D eigenvalue weighted by Crippen LogP contribution is 2.64. The van der Waals surface area contributed by atoms with E-state index in [-0.39, 0.29) is 94.7 Å². The van der Waals surface area contributed by atoms with Gasteiger partial charge in [0.2, 0.25) is 0 Å². The molecule has 0 amide bonds. The zero-order chi connectivity index (χ0) is 67.8. The molecule has 0 atom stereocenters. The van der Waals surface area contributed by atoms with Gasteiger partial charge in [-0.25, -0.2) is 0 Å². The van der Waals surface area contributed by atoms with Gasteiger partial charge in [-0.05, 0) is 94.7 Å². The summed E-state index contributed by atoms with van der Waals surface area (Å²) in [6.45, 7) is 75.5. The highest BCUT2D eigenvalue weighted by Gasteiger charge is 2.73. The average Bonchev–Trinajstić information content (AvgIpc) is 3.32. The molecule has 17 heteroatoms. The Morgan fingerprint density at radius 3 is 0.518 bits per heavy atom. The minimum absolute atomic E-state index is 0.224. The molecule has 0 aromatic heterocycles. The molecule has 0 spiro atoms. The predicted octanol–water partition coefficient (Wildman–Crippen LogP) is 16.5. The van der Waals surface area contributed by atoms with Crippen molar-refractivity contribution in [1.29, 1.82) is 0 Å². The Balaban J connectivity index is 3.86. The number of aliphatic hydroxyl groups is 4. The van der Waals surface area contributed by atoms with Crippen molar-refractivity contribution in [2.45, 2.75) is 322 Å². The van der Waals surface area contributed by atoms with Crippen molar-refractivity contribution in [3.05, 3.63) is 0 Å². The SMILES string of the molecule is CC(C)C(O)(C(C)C)C(C)(C)C(OB1O[B-]2(OC(C(C)C)(C(C)C)C(C)(C)C(O)(C(C)C)C(C)C)OB(OC(C(C)C)(C(C)C)C(C)(C)C(O)(C(C)C)C(C)C)O[B-](OC(C(C)C)(C(C)C)C(C)(C)C(O)(C(C)C)C(C)C)(O1)O2)(C(C)C)C(C)C. The van der Waals surface area contributed by atoms with Crippen LogP contribution in [-0.4, -0.2) is 93.8 Å². The molecule has 0 aromatic carbocycles. The van der Waals surface area contributed by atoms with Crippen molar-refractivity contribution >= 4 is 28.6 Å². The molecule has 0 aromatic rings. The van der Waals surface area contributed by atoms with Crippen LogP contribution in [0.4, 0.5) is 0 Å². The van der Waals surface area contributed by atoms with Crippen molar-refractivity contribution in [1.82, 2.24) is 0 Å². The Kier molecular flexibility index (Phi) is 25.3. The lowest BCUT2D eigenvalue weighted by atomic mass is 9.50. The van der Waals surface area contributed by atoms with Crippen LogP contribution < -0.4 is 0 Å². The van der Waals surface area contributed by atoms with Gasteiger partial charge in [0.25, 0.3) is 0 Å². The molecule has 504 valence electrons. The second kappa shape index (κ2) is 26.6. The molecule has 2 aliphatic heterocycles. The molecule has 0 aliphatic carbocycles. The molecule has 85 heavy (non-hydrogen) atoms. The molecule has 4 N–H and O–H groups in total. The van der Waals surface area contributed by atoms with E-state index in [1.807, 2.05) is 0 Å². The van der Waals surface area contributed by atoms with Crippen LogP contribution in [0, 0.1) is 116 Å². The van der Waals surface area contributed by atoms with E-state index >= 15 is 0 Å². The fraction of sp³-hybridized carbons (Fsp3) is 1.00. The van der Waals surface area contributed by atoms with Crippen LogP contribution in [0.15, 0.2) is 0 Å². The molecular formula is C68H140B4O13-2. The quantitative estimate of drug-likeness (QED) is 0.0471. The molecule has 2 fully saturated rings. The first kappa shape index (κ1) is 80.8. The van der Waals surface area contributed by atoms with Gasteiger partial charge >= 0.3 is 28.6 Å². The van der Waals surface area contributed by atoms with Crippen LogP contribution in [0.1, 0.15) is 277 Å². The lowest BCUT2D eigenvalue weighted by Gasteiger charge is -2.74. The summed E-state index contributed by atoms with van der Waals surface area (Å²) in [4.78, 5) is 0. The summed E-state index contributed by atoms with van der Waals surface area (Å²) in [5.41, 5.74) is -15.0. The van der Waals surface area contributed by atoms with Gasteiger partial charge in [0.15, 0.2) is 0 Å². The Hall–Kier alpha value is -0.260. The number of fused-ring (bicyclic) bond motifs is 2. The van der Waals surface area contributed by atoms with Gasteiger partial charge in [0.05, 0.1) is 33.6 Å². The van der Waals surface area contributed by atoms with E-state index in [1.54, 1.807) is 0 Å². The minimum Gasteiger partial charge on any atom is -0.679 e. The van der Waals surface area contributed by atoms with Crippen LogP contribution in [0.5, 0.6) is 0 Å². The summed E-state index contributed by atoms with van der Waals surface area (Å²) in [5, 5.41) is 54.2. The van der Waals surface area contributed by atoms with E-state index in [0.717, 1.165) is 0 Å². The fourth-order valence-electron chi connectivity index (χ4n) is 21.9. The van der Waals surface area contributed by atoms with Crippen LogP contribution in [-0.2, 0) is 41.5 Å². The first-order valence-electron chi connectivity index (χ1n) is 34.1. The maximum absolute atomic E-state index is 13.6. The van der Waals surface area contributed by atoms with E-state index in [1.165, 1.54) is 0 Å². The van der Waals surface area contributed by atoms with E-state index in [0.29, 0.717) is 0 Å². The van der Waals surface area contributed by atoms with Crippen LogP contribution in [0.25, 0.3) is 0 Å². The predicted molar refractivity (Wildman–Crippen MR) is 356 cm³/mol. The molecule has 0 radical (unpaired) electrons. The zero-order valence-corrected chi connectivity index (χ0v) is 63.0. The van der Waals surface area contributed by atoms with Crippen molar-refractivity contribution < 1.29 is 61.9 Å². The van der Waals surface area contributed by atoms with Gasteiger partial charge in [-0.15, -0.1) is 0 Å². The second-order valence-corrected chi connectivity index (χ2v) is 34.3. The maximum atomic E-state index is 13.6. The summed E-state index contributed by atoms with van der Waals surface area (Å²) in [6, 6.07) is 0. The van der Waals surface area contributed by atoms with Crippen molar-refractivity contribution in [2.24, 2.45) is 116 Å². The summed E-state index contributed by atoms with van der Waals surface area (Å²) in [7, 11) is -3.51. The first-order chi connectivity index (χ1) is 37.8. The third-order valence-corrected chi connectivity index (χ3v) is 24.5. The van der Waals surface area contributed by atoms with Crippen LogP contribution >= 0.6 is 0 Å². The van der Waals surface area contributed by atoms with E-state index < -0.39 is 95.0 Å². The van der Waals surface area contributed by atoms with Gasteiger partial charge < -0.3 is 61.9 Å². The van der Waals surface area contributed by atoms with E-state index in [2.05, 4.69) is 277 Å². The monoisotopic (exact) mass is 1210 g/mol. The third-order valence-electron chi connectivity index (χ3n) is 24.5. The Bertz CT molecular complexity index is 1900. The van der Waals surface area contributed by atoms with Gasteiger partial charge in [0, 0.05) is 32.9 Å². The molecule has 2 bridgehead atoms.